The Labute approximate surface area is 219 Å². The van der Waals surface area contributed by atoms with Gasteiger partial charge in [-0.05, 0) is 63.1 Å². The van der Waals surface area contributed by atoms with Crippen molar-refractivity contribution in [1.29, 1.82) is 0 Å². The number of benzene rings is 1. The van der Waals surface area contributed by atoms with Gasteiger partial charge in [-0.2, -0.15) is 0 Å². The number of aryl methyl sites for hydroxylation is 1. The average Bonchev–Trinajstić information content (AvgIpc) is 3.28. The first-order chi connectivity index (χ1) is 17.2. The predicted octanol–water partition coefficient (Wildman–Crippen LogP) is 4.20. The molecule has 1 aliphatic rings. The highest BCUT2D eigenvalue weighted by atomic mass is 35.5. The lowest BCUT2D eigenvalue weighted by molar-refractivity contribution is -0.139. The van der Waals surface area contributed by atoms with Crippen molar-refractivity contribution < 1.29 is 14.3 Å². The van der Waals surface area contributed by atoms with Crippen molar-refractivity contribution in [2.75, 3.05) is 13.7 Å². The number of methoxy groups -OCH3 is 1. The number of esters is 1. The molecule has 0 bridgehead atoms. The second kappa shape index (κ2) is 10.5. The van der Waals surface area contributed by atoms with Crippen LogP contribution >= 0.6 is 22.9 Å². The van der Waals surface area contributed by atoms with E-state index < -0.39 is 12.0 Å². The van der Waals surface area contributed by atoms with E-state index in [1.165, 1.54) is 11.3 Å². The molecule has 0 spiro atoms. The number of halogens is 1. The molecule has 0 N–H and O–H groups in total. The van der Waals surface area contributed by atoms with Gasteiger partial charge in [0.1, 0.15) is 11.8 Å². The monoisotopic (exact) mass is 527 g/mol. The van der Waals surface area contributed by atoms with Gasteiger partial charge in [0, 0.05) is 29.0 Å². The van der Waals surface area contributed by atoms with E-state index in [1.807, 2.05) is 33.9 Å². The summed E-state index contributed by atoms with van der Waals surface area (Å²) >= 11 is 7.70. The van der Waals surface area contributed by atoms with Gasteiger partial charge in [0.25, 0.3) is 5.56 Å². The Bertz CT molecular complexity index is 1540. The van der Waals surface area contributed by atoms with Gasteiger partial charge in [-0.25, -0.2) is 9.79 Å². The topological polar surface area (TPSA) is 74.8 Å². The minimum absolute atomic E-state index is 0.207. The molecule has 3 heterocycles. The normalized spacial score (nSPS) is 15.6. The molecule has 190 valence electrons. The molecule has 1 aromatic carbocycles. The number of carbonyl (C=O) groups is 1. The van der Waals surface area contributed by atoms with Crippen molar-refractivity contribution in [1.82, 2.24) is 9.13 Å². The highest BCUT2D eigenvalue weighted by Gasteiger charge is 2.36. The fraction of sp³-hybridized carbons (Fsp3) is 0.370. The Morgan fingerprint density at radius 2 is 2.00 bits per heavy atom. The van der Waals surface area contributed by atoms with Gasteiger partial charge >= 0.3 is 5.97 Å². The van der Waals surface area contributed by atoms with Gasteiger partial charge in [0.15, 0.2) is 4.80 Å². The number of aromatic nitrogens is 2. The Morgan fingerprint density at radius 1 is 1.25 bits per heavy atom. The number of allylic oxidation sites excluding steroid dienone is 1. The van der Waals surface area contributed by atoms with E-state index >= 15 is 0 Å². The lowest BCUT2D eigenvalue weighted by atomic mass is 9.93. The van der Waals surface area contributed by atoms with Crippen LogP contribution < -0.4 is 19.6 Å². The van der Waals surface area contributed by atoms with Crippen molar-refractivity contribution in [3.05, 3.63) is 82.8 Å². The number of nitrogens with zero attached hydrogens (tertiary/aromatic N) is 3. The Morgan fingerprint density at radius 3 is 2.61 bits per heavy atom. The zero-order valence-corrected chi connectivity index (χ0v) is 22.9. The summed E-state index contributed by atoms with van der Waals surface area (Å²) in [7, 11) is 3.55. The van der Waals surface area contributed by atoms with Crippen LogP contribution in [0.25, 0.3) is 6.08 Å². The fourth-order valence-corrected chi connectivity index (χ4v) is 5.70. The van der Waals surface area contributed by atoms with Gasteiger partial charge in [-0.3, -0.25) is 9.36 Å². The van der Waals surface area contributed by atoms with Gasteiger partial charge < -0.3 is 14.0 Å². The van der Waals surface area contributed by atoms with Gasteiger partial charge in [0.2, 0.25) is 0 Å². The van der Waals surface area contributed by atoms with Crippen molar-refractivity contribution in [2.45, 2.75) is 46.6 Å². The second-order valence-corrected chi connectivity index (χ2v) is 10.1. The van der Waals surface area contributed by atoms with Gasteiger partial charge in [-0.1, -0.05) is 36.3 Å². The molecule has 0 fully saturated rings. The van der Waals surface area contributed by atoms with Crippen LogP contribution in [0.15, 0.2) is 45.3 Å². The smallest absolute Gasteiger partial charge is 0.338 e. The molecule has 0 saturated carbocycles. The fourth-order valence-electron chi connectivity index (χ4n) is 4.51. The summed E-state index contributed by atoms with van der Waals surface area (Å²) in [4.78, 5) is 32.6. The molecule has 3 aromatic rings. The lowest BCUT2D eigenvalue weighted by Crippen LogP contribution is -2.40. The van der Waals surface area contributed by atoms with E-state index in [9.17, 15) is 9.59 Å². The van der Waals surface area contributed by atoms with E-state index in [0.717, 1.165) is 23.4 Å². The van der Waals surface area contributed by atoms with Crippen LogP contribution in [0, 0.1) is 13.8 Å². The molecule has 0 unspecified atom stereocenters. The summed E-state index contributed by atoms with van der Waals surface area (Å²) in [5.74, 6) is 0.0218. The number of ether oxygens (including phenoxy) is 2. The molecular formula is C27H30ClN3O4S. The van der Waals surface area contributed by atoms with E-state index in [-0.39, 0.29) is 12.2 Å². The van der Waals surface area contributed by atoms with E-state index in [2.05, 4.69) is 10.6 Å². The zero-order chi connectivity index (χ0) is 26.1. The molecule has 1 atom stereocenters. The Balaban J connectivity index is 2.07. The predicted molar refractivity (Wildman–Crippen MR) is 143 cm³/mol. The maximum atomic E-state index is 13.9. The second-order valence-electron chi connectivity index (χ2n) is 8.69. The highest BCUT2D eigenvalue weighted by molar-refractivity contribution is 7.07. The largest absolute Gasteiger partial charge is 0.496 e. The number of thiazole rings is 1. The van der Waals surface area contributed by atoms with Crippen LogP contribution in [0.1, 0.15) is 55.2 Å². The maximum Gasteiger partial charge on any atom is 0.338 e. The number of fused-ring (bicyclic) bond motifs is 1. The first-order valence-electron chi connectivity index (χ1n) is 11.9. The standard InChI is InChI=1S/C27H30ClN3O4S/c1-7-9-20-23(26(33)35-8-2)24(19-14-18(28)10-11-21(19)34-6)31-25(32)22(36-27(31)29-20)13-17-12-15(3)30(5)16(17)4/h10-14,24H,7-9H2,1-6H3/b22-13+/t24-/m1/s1. The summed E-state index contributed by atoms with van der Waals surface area (Å²) in [5, 5.41) is 0.473. The minimum Gasteiger partial charge on any atom is -0.496 e. The molecule has 0 aliphatic carbocycles. The van der Waals surface area contributed by atoms with E-state index in [1.54, 1.807) is 36.8 Å². The van der Waals surface area contributed by atoms with Crippen LogP contribution in [0.4, 0.5) is 0 Å². The first kappa shape index (κ1) is 26.0. The summed E-state index contributed by atoms with van der Waals surface area (Å²) in [6, 6.07) is 6.47. The van der Waals surface area contributed by atoms with E-state index in [0.29, 0.717) is 43.4 Å². The number of hydrogen-bond acceptors (Lipinski definition) is 6. The molecule has 9 heteroatoms. The van der Waals surface area contributed by atoms with Crippen LogP contribution in [0.5, 0.6) is 5.75 Å². The summed E-state index contributed by atoms with van der Waals surface area (Å²) < 4.78 is 15.3. The molecule has 2 aromatic heterocycles. The SMILES string of the molecule is CCCC1=C(C(=O)OCC)[C@@H](c2cc(Cl)ccc2OC)n2c(s/c(=C/c3cc(C)n(C)c3C)c2=O)=N1. The van der Waals surface area contributed by atoms with Crippen LogP contribution in [-0.4, -0.2) is 28.8 Å². The van der Waals surface area contributed by atoms with Crippen molar-refractivity contribution in [2.24, 2.45) is 12.0 Å². The zero-order valence-electron chi connectivity index (χ0n) is 21.3. The Hall–Kier alpha value is -3.10. The summed E-state index contributed by atoms with van der Waals surface area (Å²) in [6.45, 7) is 8.04. The van der Waals surface area contributed by atoms with Crippen molar-refractivity contribution in [3.63, 3.8) is 0 Å². The van der Waals surface area contributed by atoms with Crippen LogP contribution in [0.3, 0.4) is 0 Å². The molecule has 0 radical (unpaired) electrons. The van der Waals surface area contributed by atoms with Crippen LogP contribution in [0.2, 0.25) is 5.02 Å². The Kier molecular flexibility index (Phi) is 7.57. The minimum atomic E-state index is -0.781. The average molecular weight is 528 g/mol. The van der Waals surface area contributed by atoms with Gasteiger partial charge in [0.05, 0.1) is 29.5 Å². The lowest BCUT2D eigenvalue weighted by Gasteiger charge is -2.27. The summed E-state index contributed by atoms with van der Waals surface area (Å²) in [5.41, 5.74) is 4.45. The van der Waals surface area contributed by atoms with Crippen LogP contribution in [-0.2, 0) is 16.6 Å². The maximum absolute atomic E-state index is 13.9. The first-order valence-corrected chi connectivity index (χ1v) is 13.1. The van der Waals surface area contributed by atoms with E-state index in [4.69, 9.17) is 26.1 Å². The quantitative estimate of drug-likeness (QED) is 0.432. The third-order valence-corrected chi connectivity index (χ3v) is 7.70. The molecule has 0 saturated heterocycles. The third kappa shape index (κ3) is 4.55. The number of rotatable bonds is 7. The number of hydrogen-bond donors (Lipinski definition) is 0. The molecule has 36 heavy (non-hydrogen) atoms. The van der Waals surface area contributed by atoms with Crippen molar-refractivity contribution in [3.8, 4) is 5.75 Å². The molecule has 7 nitrogen and oxygen atoms in total. The molecule has 4 rings (SSSR count). The number of carbonyl (C=O) groups excluding carboxylic acids is 1. The van der Waals surface area contributed by atoms with Crippen molar-refractivity contribution >= 4 is 35.0 Å². The van der Waals surface area contributed by atoms with Gasteiger partial charge in [-0.15, -0.1) is 0 Å². The molecule has 1 aliphatic heterocycles. The summed E-state index contributed by atoms with van der Waals surface area (Å²) in [6.07, 6.45) is 3.24. The highest BCUT2D eigenvalue weighted by Crippen LogP contribution is 2.38. The molecular weight excluding hydrogens is 498 g/mol. The third-order valence-electron chi connectivity index (χ3n) is 6.48. The molecule has 0 amide bonds.